The van der Waals surface area contributed by atoms with Crippen LogP contribution in [0.4, 0.5) is 0 Å². The molecule has 124 valence electrons. The molecule has 1 aliphatic carbocycles. The van der Waals surface area contributed by atoms with Crippen LogP contribution in [0.3, 0.4) is 0 Å². The first-order valence-electron chi connectivity index (χ1n) is 8.72. The number of carbonyl (C=O) groups excluding carboxylic acids is 1. The number of amides is 1. The van der Waals surface area contributed by atoms with Crippen LogP contribution >= 0.6 is 11.8 Å². The first-order chi connectivity index (χ1) is 11.5. The van der Waals surface area contributed by atoms with Crippen molar-refractivity contribution in [1.29, 1.82) is 0 Å². The third-order valence-corrected chi connectivity index (χ3v) is 6.62. The van der Waals surface area contributed by atoms with Crippen LogP contribution < -0.4 is 5.32 Å². The number of fused-ring (bicyclic) bond motifs is 3. The van der Waals surface area contributed by atoms with Crippen molar-refractivity contribution in [2.75, 3.05) is 0 Å². The van der Waals surface area contributed by atoms with Crippen molar-refractivity contribution < 1.29 is 4.79 Å². The van der Waals surface area contributed by atoms with E-state index in [1.54, 1.807) is 0 Å². The van der Waals surface area contributed by atoms with Gasteiger partial charge in [0.2, 0.25) is 5.91 Å². The smallest absolute Gasteiger partial charge is 0.220 e. The average molecular weight is 337 g/mol. The van der Waals surface area contributed by atoms with Crippen molar-refractivity contribution in [2.45, 2.75) is 60.8 Å². The molecule has 1 saturated heterocycles. The first kappa shape index (κ1) is 15.8. The number of nitrogens with one attached hydrogen (secondary N) is 1. The lowest BCUT2D eigenvalue weighted by Gasteiger charge is -2.46. The van der Waals surface area contributed by atoms with E-state index in [1.165, 1.54) is 26.5 Å². The molecule has 1 amide bonds. The molecule has 1 heterocycles. The number of aryl methyl sites for hydroxylation is 2. The van der Waals surface area contributed by atoms with Gasteiger partial charge in [-0.3, -0.25) is 4.79 Å². The molecule has 0 unspecified atom stereocenters. The fourth-order valence-electron chi connectivity index (χ4n) is 4.13. The Morgan fingerprint density at radius 1 is 1.08 bits per heavy atom. The van der Waals surface area contributed by atoms with E-state index in [4.69, 9.17) is 0 Å². The van der Waals surface area contributed by atoms with Crippen LogP contribution in [0.2, 0.25) is 0 Å². The molecule has 1 fully saturated rings. The first-order valence-corrected chi connectivity index (χ1v) is 9.53. The molecule has 2 aliphatic rings. The molecule has 2 aromatic rings. The van der Waals surface area contributed by atoms with Gasteiger partial charge in [0.25, 0.3) is 0 Å². The monoisotopic (exact) mass is 337 g/mol. The number of rotatable bonds is 2. The van der Waals surface area contributed by atoms with Gasteiger partial charge in [0, 0.05) is 27.7 Å². The molecule has 1 N–H and O–H groups in total. The molecular weight excluding hydrogens is 314 g/mol. The van der Waals surface area contributed by atoms with E-state index in [0.29, 0.717) is 12.5 Å². The molecule has 0 saturated carbocycles. The fraction of sp³-hybridized carbons (Fsp3) is 0.381. The summed E-state index contributed by atoms with van der Waals surface area (Å²) in [5, 5.41) is 3.22. The maximum Gasteiger partial charge on any atom is 0.220 e. The average Bonchev–Trinajstić information content (AvgIpc) is 2.58. The summed E-state index contributed by atoms with van der Waals surface area (Å²) in [6, 6.07) is 15.9. The Hall–Kier alpha value is -1.74. The number of piperidine rings is 1. The molecule has 2 nitrogen and oxygen atoms in total. The predicted molar refractivity (Wildman–Crippen MR) is 98.6 cm³/mol. The fourth-order valence-corrected chi connectivity index (χ4v) is 5.01. The zero-order chi connectivity index (χ0) is 16.7. The largest absolute Gasteiger partial charge is 0.352 e. The van der Waals surface area contributed by atoms with E-state index in [-0.39, 0.29) is 11.3 Å². The summed E-state index contributed by atoms with van der Waals surface area (Å²) < 4.78 is 0. The van der Waals surface area contributed by atoms with Gasteiger partial charge in [0.1, 0.15) is 0 Å². The number of carbonyl (C=O) groups is 1. The van der Waals surface area contributed by atoms with Crippen molar-refractivity contribution in [1.82, 2.24) is 5.32 Å². The van der Waals surface area contributed by atoms with Crippen LogP contribution in [0.15, 0.2) is 52.3 Å². The van der Waals surface area contributed by atoms with Crippen molar-refractivity contribution >= 4 is 17.7 Å². The van der Waals surface area contributed by atoms with Crippen molar-refractivity contribution in [3.8, 4) is 0 Å². The minimum Gasteiger partial charge on any atom is -0.352 e. The highest BCUT2D eigenvalue weighted by molar-refractivity contribution is 7.99. The lowest BCUT2D eigenvalue weighted by atomic mass is 9.64. The third-order valence-electron chi connectivity index (χ3n) is 5.63. The molecule has 4 rings (SSSR count). The Labute approximate surface area is 148 Å². The van der Waals surface area contributed by atoms with Crippen LogP contribution in [0.5, 0.6) is 0 Å². The predicted octanol–water partition coefficient (Wildman–Crippen LogP) is 4.63. The summed E-state index contributed by atoms with van der Waals surface area (Å²) in [6.07, 6.45) is 3.71. The van der Waals surface area contributed by atoms with E-state index in [9.17, 15) is 4.79 Å². The standard InChI is InChI=1S/C21H23NOS/c1-14-3-6-16(7-4-14)24-17-8-9-18-15(13-17)5-10-19-21(18,2)12-11-20(23)22-19/h3-4,6-9,13,19H,5,10-12H2,1-2H3,(H,22,23)/t19-,21-/m1/s1. The van der Waals surface area contributed by atoms with Crippen LogP contribution in [0, 0.1) is 6.92 Å². The highest BCUT2D eigenvalue weighted by Gasteiger charge is 2.43. The Balaban J connectivity index is 1.62. The Morgan fingerprint density at radius 3 is 2.62 bits per heavy atom. The molecule has 24 heavy (non-hydrogen) atoms. The van der Waals surface area contributed by atoms with E-state index in [1.807, 2.05) is 11.8 Å². The molecule has 3 heteroatoms. The quantitative estimate of drug-likeness (QED) is 0.866. The number of hydrogen-bond acceptors (Lipinski definition) is 2. The van der Waals surface area contributed by atoms with E-state index in [0.717, 1.165) is 19.3 Å². The normalized spacial score (nSPS) is 25.6. The van der Waals surface area contributed by atoms with E-state index in [2.05, 4.69) is 61.6 Å². The van der Waals surface area contributed by atoms with Gasteiger partial charge < -0.3 is 5.32 Å². The van der Waals surface area contributed by atoms with Gasteiger partial charge in [0.05, 0.1) is 0 Å². The van der Waals surface area contributed by atoms with Crippen molar-refractivity contribution in [2.24, 2.45) is 0 Å². The Bertz CT molecular complexity index is 783. The van der Waals surface area contributed by atoms with Gasteiger partial charge in [-0.2, -0.15) is 0 Å². The molecule has 2 atom stereocenters. The Kier molecular flexibility index (Phi) is 3.92. The molecular formula is C21H23NOS. The SMILES string of the molecule is Cc1ccc(Sc2ccc3c(c2)CC[C@H]2NC(=O)CC[C@]32C)cc1. The van der Waals surface area contributed by atoms with Gasteiger partial charge in [-0.15, -0.1) is 0 Å². The van der Waals surface area contributed by atoms with Crippen LogP contribution in [0.1, 0.15) is 42.9 Å². The van der Waals surface area contributed by atoms with E-state index < -0.39 is 0 Å². The summed E-state index contributed by atoms with van der Waals surface area (Å²) in [6.45, 7) is 4.44. The maximum atomic E-state index is 11.7. The molecule has 0 spiro atoms. The topological polar surface area (TPSA) is 29.1 Å². The lowest BCUT2D eigenvalue weighted by molar-refractivity contribution is -0.125. The van der Waals surface area contributed by atoms with Crippen molar-refractivity contribution in [3.63, 3.8) is 0 Å². The lowest BCUT2D eigenvalue weighted by Crippen LogP contribution is -2.55. The van der Waals surface area contributed by atoms with Crippen LogP contribution in [-0.2, 0) is 16.6 Å². The molecule has 2 aromatic carbocycles. The second kappa shape index (κ2) is 5.96. The zero-order valence-corrected chi connectivity index (χ0v) is 15.1. The Morgan fingerprint density at radius 2 is 1.83 bits per heavy atom. The second-order valence-corrected chi connectivity index (χ2v) is 8.46. The van der Waals surface area contributed by atoms with Gasteiger partial charge in [-0.25, -0.2) is 0 Å². The zero-order valence-electron chi connectivity index (χ0n) is 14.3. The van der Waals surface area contributed by atoms with Gasteiger partial charge >= 0.3 is 0 Å². The molecule has 0 aromatic heterocycles. The third kappa shape index (κ3) is 2.75. The molecule has 0 radical (unpaired) electrons. The summed E-state index contributed by atoms with van der Waals surface area (Å²) >= 11 is 1.83. The van der Waals surface area contributed by atoms with Crippen LogP contribution in [0.25, 0.3) is 0 Å². The number of hydrogen-bond donors (Lipinski definition) is 1. The van der Waals surface area contributed by atoms with Crippen LogP contribution in [-0.4, -0.2) is 11.9 Å². The van der Waals surface area contributed by atoms with Gasteiger partial charge in [0.15, 0.2) is 0 Å². The highest BCUT2D eigenvalue weighted by Crippen LogP contribution is 2.44. The van der Waals surface area contributed by atoms with Gasteiger partial charge in [-0.1, -0.05) is 42.4 Å². The molecule has 0 bridgehead atoms. The second-order valence-electron chi connectivity index (χ2n) is 7.31. The summed E-state index contributed by atoms with van der Waals surface area (Å²) in [5.41, 5.74) is 4.28. The summed E-state index contributed by atoms with van der Waals surface area (Å²) in [4.78, 5) is 14.3. The summed E-state index contributed by atoms with van der Waals surface area (Å²) in [5.74, 6) is 0.215. The van der Waals surface area contributed by atoms with Gasteiger partial charge in [-0.05, 0) is 61.6 Å². The van der Waals surface area contributed by atoms with E-state index >= 15 is 0 Å². The molecule has 1 aliphatic heterocycles. The van der Waals surface area contributed by atoms with Crippen molar-refractivity contribution in [3.05, 3.63) is 59.2 Å². The summed E-state index contributed by atoms with van der Waals surface area (Å²) in [7, 11) is 0. The minimum atomic E-state index is 0.0918. The maximum absolute atomic E-state index is 11.7. The number of benzene rings is 2. The minimum absolute atomic E-state index is 0.0918. The highest BCUT2D eigenvalue weighted by atomic mass is 32.2.